The monoisotopic (exact) mass is 244 g/mol. The Bertz CT molecular complexity index is 64.0. The Morgan fingerprint density at radius 1 is 1.57 bits per heavy atom. The van der Waals surface area contributed by atoms with Crippen molar-refractivity contribution in [2.75, 3.05) is 5.88 Å². The van der Waals surface area contributed by atoms with Gasteiger partial charge in [-0.25, -0.2) is 0 Å². The molecule has 0 atom stereocenters. The zero-order chi connectivity index (χ0) is 5.70. The van der Waals surface area contributed by atoms with Gasteiger partial charge in [-0.15, -0.1) is 43.1 Å². The molecule has 4 heteroatoms. The van der Waals surface area contributed by atoms with Crippen molar-refractivity contribution in [3.63, 3.8) is 0 Å². The lowest BCUT2D eigenvalue weighted by molar-refractivity contribution is 1.79. The third-order valence-corrected chi connectivity index (χ3v) is 1.16. The van der Waals surface area contributed by atoms with Crippen molar-refractivity contribution in [1.82, 2.24) is 0 Å². The summed E-state index contributed by atoms with van der Waals surface area (Å²) in [4.78, 5) is 0. The molecule has 0 aromatic carbocycles. The minimum Gasteiger partial charge on any atom is -0.133 e. The second kappa shape index (κ2) is 5.20. The molecule has 0 unspecified atom stereocenters. The van der Waals surface area contributed by atoms with E-state index in [-0.39, 0.29) is 4.36 Å². The molecule has 0 N–H and O–H groups in total. The Morgan fingerprint density at radius 3 is 2.29 bits per heavy atom. The number of hydrogen-bond acceptors (Lipinski definition) is 0. The zero-order valence-electron chi connectivity index (χ0n) is 3.57. The van der Waals surface area contributed by atoms with Crippen molar-refractivity contribution in [3.8, 4) is 0 Å². The van der Waals surface area contributed by atoms with Gasteiger partial charge in [0, 0.05) is 5.88 Å². The molecule has 0 rings (SSSR count). The summed E-state index contributed by atoms with van der Waals surface area (Å²) >= 11 is 11.8. The quantitative estimate of drug-likeness (QED) is 0.519. The number of hydrogen-bond donors (Lipinski definition) is 0. The lowest BCUT2D eigenvalue weighted by Gasteiger charge is -1.78. The van der Waals surface area contributed by atoms with E-state index >= 15 is 0 Å². The van der Waals surface area contributed by atoms with Crippen LogP contribution in [0.25, 0.3) is 0 Å². The molecule has 0 saturated carbocycles. The van der Waals surface area contributed by atoms with Crippen molar-refractivity contribution >= 4 is 47.5 Å². The first-order valence-corrected chi connectivity index (χ1v) is 4.14. The maximum Gasteiger partial charge on any atom is 0.322 e. The van der Waals surface area contributed by atoms with Gasteiger partial charge in [-0.1, -0.05) is 12.1 Å². The van der Waals surface area contributed by atoms with Gasteiger partial charge >= 0.3 is 4.36 Å². The molecular weight excluding hydrogens is 242 g/mol. The summed E-state index contributed by atoms with van der Waals surface area (Å²) in [6.45, 7) is 0. The molecule has 0 fully saturated rings. The maximum absolute atomic E-state index is 5.32. The normalized spacial score (nSPS) is 10.1. The molecule has 0 aliphatic rings. The Morgan fingerprint density at radius 2 is 2.14 bits per heavy atom. The Hall–Kier alpha value is 1.05. The fourth-order valence-electron chi connectivity index (χ4n) is 0.154. The van der Waals surface area contributed by atoms with Crippen molar-refractivity contribution < 1.29 is 0 Å². The van der Waals surface area contributed by atoms with E-state index in [1.54, 1.807) is 0 Å². The van der Waals surface area contributed by atoms with Crippen LogP contribution in [0.4, 0.5) is 0 Å². The SMILES string of the molecule is ClC/C=C/B(Br)Br. The largest absolute Gasteiger partial charge is 0.322 e. The summed E-state index contributed by atoms with van der Waals surface area (Å²) in [6.07, 6.45) is 1.87. The number of rotatable bonds is 2. The minimum atomic E-state index is 0.263. The van der Waals surface area contributed by atoms with E-state index in [4.69, 9.17) is 11.6 Å². The fourth-order valence-corrected chi connectivity index (χ4v) is 0.689. The molecule has 0 aromatic heterocycles. The molecule has 0 aromatic rings. The first-order valence-electron chi connectivity index (χ1n) is 1.78. The summed E-state index contributed by atoms with van der Waals surface area (Å²) in [5.41, 5.74) is 0. The van der Waals surface area contributed by atoms with Gasteiger partial charge in [-0.2, -0.15) is 0 Å². The second-order valence-electron chi connectivity index (χ2n) is 0.917. The fraction of sp³-hybridized carbons (Fsp3) is 0.333. The number of halogens is 3. The molecule has 0 aliphatic heterocycles. The van der Waals surface area contributed by atoms with E-state index in [0.29, 0.717) is 5.88 Å². The Labute approximate surface area is 65.3 Å². The van der Waals surface area contributed by atoms with Gasteiger partial charge in [0.15, 0.2) is 0 Å². The topological polar surface area (TPSA) is 0 Å². The number of alkyl halides is 1. The van der Waals surface area contributed by atoms with E-state index in [0.717, 1.165) is 0 Å². The molecule has 40 valence electrons. The molecule has 0 aliphatic carbocycles. The summed E-state index contributed by atoms with van der Waals surface area (Å²) in [5, 5.41) is 0. The Kier molecular flexibility index (Phi) is 5.98. The van der Waals surface area contributed by atoms with Crippen LogP contribution in [0, 0.1) is 0 Å². The lowest BCUT2D eigenvalue weighted by Crippen LogP contribution is -1.80. The second-order valence-corrected chi connectivity index (χ2v) is 4.43. The molecule has 0 bridgehead atoms. The molecule has 0 saturated heterocycles. The van der Waals surface area contributed by atoms with Crippen molar-refractivity contribution in [2.45, 2.75) is 0 Å². The molecule has 0 amide bonds. The third-order valence-electron chi connectivity index (χ3n) is 0.371. The van der Waals surface area contributed by atoms with Gasteiger partial charge in [0.1, 0.15) is 0 Å². The molecule has 0 spiro atoms. The predicted octanol–water partition coefficient (Wildman–Crippen LogP) is 2.60. The molecule has 0 heterocycles. The zero-order valence-corrected chi connectivity index (χ0v) is 7.50. The number of allylic oxidation sites excluding steroid dienone is 1. The molecule has 7 heavy (non-hydrogen) atoms. The average molecular weight is 246 g/mol. The van der Waals surface area contributed by atoms with Crippen LogP contribution in [0.15, 0.2) is 12.1 Å². The van der Waals surface area contributed by atoms with Crippen LogP contribution in [0.2, 0.25) is 0 Å². The summed E-state index contributed by atoms with van der Waals surface area (Å²) in [5.74, 6) is 2.50. The third kappa shape index (κ3) is 7.05. The van der Waals surface area contributed by atoms with Crippen LogP contribution in [-0.2, 0) is 0 Å². The summed E-state index contributed by atoms with van der Waals surface area (Å²) < 4.78 is 0.263. The molecule has 0 radical (unpaired) electrons. The van der Waals surface area contributed by atoms with E-state index in [1.165, 1.54) is 0 Å². The van der Waals surface area contributed by atoms with Crippen molar-refractivity contribution in [3.05, 3.63) is 12.1 Å². The first-order chi connectivity index (χ1) is 3.27. The molecule has 0 nitrogen and oxygen atoms in total. The van der Waals surface area contributed by atoms with E-state index < -0.39 is 0 Å². The van der Waals surface area contributed by atoms with Crippen LogP contribution in [0.5, 0.6) is 0 Å². The van der Waals surface area contributed by atoms with Gasteiger partial charge in [-0.05, 0) is 0 Å². The highest BCUT2D eigenvalue weighted by Gasteiger charge is 1.92. The van der Waals surface area contributed by atoms with Gasteiger partial charge in [-0.3, -0.25) is 0 Å². The highest BCUT2D eigenvalue weighted by Crippen LogP contribution is 2.02. The average Bonchev–Trinajstić information content (AvgIpc) is 1.61. The van der Waals surface area contributed by atoms with Gasteiger partial charge < -0.3 is 0 Å². The van der Waals surface area contributed by atoms with Gasteiger partial charge in [0.2, 0.25) is 0 Å². The van der Waals surface area contributed by atoms with E-state index in [9.17, 15) is 0 Å². The predicted molar refractivity (Wildman–Crippen MR) is 43.5 cm³/mol. The Balaban J connectivity index is 3.08. The highest BCUT2D eigenvalue weighted by atomic mass is 79.9. The van der Waals surface area contributed by atoms with Crippen LogP contribution < -0.4 is 0 Å². The summed E-state index contributed by atoms with van der Waals surface area (Å²) in [6, 6.07) is 0. The van der Waals surface area contributed by atoms with E-state index in [1.807, 2.05) is 12.1 Å². The van der Waals surface area contributed by atoms with E-state index in [2.05, 4.69) is 31.5 Å². The van der Waals surface area contributed by atoms with Crippen molar-refractivity contribution in [1.29, 1.82) is 0 Å². The minimum absolute atomic E-state index is 0.263. The highest BCUT2D eigenvalue weighted by molar-refractivity contribution is 9.49. The van der Waals surface area contributed by atoms with Crippen LogP contribution in [-0.4, -0.2) is 10.2 Å². The van der Waals surface area contributed by atoms with Crippen molar-refractivity contribution in [2.24, 2.45) is 0 Å². The van der Waals surface area contributed by atoms with Crippen LogP contribution >= 0.6 is 43.1 Å². The lowest BCUT2D eigenvalue weighted by atomic mass is 10.1. The molecular formula is C3H4BBr2Cl. The summed E-state index contributed by atoms with van der Waals surface area (Å²) in [7, 11) is 0. The maximum atomic E-state index is 5.32. The smallest absolute Gasteiger partial charge is 0.133 e. The first kappa shape index (κ1) is 8.05. The standard InChI is InChI=1S/C3H4BBr2Cl/c5-4(6)2-1-3-7/h1-2H,3H2/b2-1+. The van der Waals surface area contributed by atoms with Crippen LogP contribution in [0.1, 0.15) is 0 Å². The van der Waals surface area contributed by atoms with Gasteiger partial charge in [0.05, 0.1) is 0 Å². The van der Waals surface area contributed by atoms with Crippen LogP contribution in [0.3, 0.4) is 0 Å². The van der Waals surface area contributed by atoms with Gasteiger partial charge in [0.25, 0.3) is 0 Å².